The van der Waals surface area contributed by atoms with Crippen LogP contribution in [0.1, 0.15) is 37.6 Å². The monoisotopic (exact) mass is 651 g/mol. The van der Waals surface area contributed by atoms with E-state index < -0.39 is 17.6 Å². The third-order valence-electron chi connectivity index (χ3n) is 7.86. The summed E-state index contributed by atoms with van der Waals surface area (Å²) in [6.45, 7) is 8.77. The van der Waals surface area contributed by atoms with E-state index in [-0.39, 0.29) is 23.3 Å². The van der Waals surface area contributed by atoms with Crippen LogP contribution in [0.15, 0.2) is 24.3 Å². The van der Waals surface area contributed by atoms with Crippen molar-refractivity contribution in [2.24, 2.45) is 0 Å². The predicted molar refractivity (Wildman–Crippen MR) is 165 cm³/mol. The maximum atomic E-state index is 14.5. The molecule has 0 amide bonds. The number of piperazine rings is 1. The van der Waals surface area contributed by atoms with Gasteiger partial charge in [0, 0.05) is 64.6 Å². The Morgan fingerprint density at radius 3 is 2.42 bits per heavy atom. The number of nitrogens with zero attached hydrogens (tertiary/aromatic N) is 6. The van der Waals surface area contributed by atoms with Crippen molar-refractivity contribution in [1.29, 1.82) is 0 Å². The smallest absolute Gasteiger partial charge is 0.416 e. The molecule has 4 heterocycles. The zero-order chi connectivity index (χ0) is 32.1. The SMILES string of the molecule is CCOC(=O)CCN1CCN(c2cc(Nc3nc(-c4cc(F)cc(C(F)(F)F)c4)c(N4CCC(OC)CC4)s3)nc(C)n2)CC1. The Balaban J connectivity index is 1.37. The average Bonchev–Trinajstić information content (AvgIpc) is 3.43. The highest BCUT2D eigenvalue weighted by molar-refractivity contribution is 7.20. The highest BCUT2D eigenvalue weighted by Crippen LogP contribution is 2.42. The highest BCUT2D eigenvalue weighted by atomic mass is 32.1. The number of aryl methyl sites for hydroxylation is 1. The first-order chi connectivity index (χ1) is 21.5. The molecule has 3 aromatic rings. The van der Waals surface area contributed by atoms with Gasteiger partial charge in [-0.3, -0.25) is 9.69 Å². The van der Waals surface area contributed by atoms with Gasteiger partial charge in [-0.1, -0.05) is 11.3 Å². The molecule has 10 nitrogen and oxygen atoms in total. The molecule has 0 unspecified atom stereocenters. The fourth-order valence-electron chi connectivity index (χ4n) is 5.52. The van der Waals surface area contributed by atoms with Crippen molar-refractivity contribution in [3.05, 3.63) is 41.5 Å². The summed E-state index contributed by atoms with van der Waals surface area (Å²) < 4.78 is 65.7. The quantitative estimate of drug-likeness (QED) is 0.224. The molecule has 45 heavy (non-hydrogen) atoms. The van der Waals surface area contributed by atoms with Crippen LogP contribution in [-0.2, 0) is 20.4 Å². The number of hydrogen-bond donors (Lipinski definition) is 1. The number of thiazole rings is 1. The Hall–Kier alpha value is -3.56. The van der Waals surface area contributed by atoms with Crippen molar-refractivity contribution in [2.45, 2.75) is 45.4 Å². The van der Waals surface area contributed by atoms with E-state index in [4.69, 9.17) is 9.47 Å². The summed E-state index contributed by atoms with van der Waals surface area (Å²) in [4.78, 5) is 32.0. The Labute approximate surface area is 263 Å². The van der Waals surface area contributed by atoms with E-state index >= 15 is 0 Å². The molecule has 2 aliphatic heterocycles. The van der Waals surface area contributed by atoms with E-state index in [1.165, 1.54) is 11.3 Å². The number of nitrogens with one attached hydrogen (secondary N) is 1. The lowest BCUT2D eigenvalue weighted by atomic mass is 10.1. The molecule has 0 saturated carbocycles. The van der Waals surface area contributed by atoms with Gasteiger partial charge in [-0.2, -0.15) is 13.2 Å². The molecule has 0 bridgehead atoms. The number of aromatic nitrogens is 3. The lowest BCUT2D eigenvalue weighted by Gasteiger charge is -2.35. The van der Waals surface area contributed by atoms with Gasteiger partial charge in [0.15, 0.2) is 5.13 Å². The van der Waals surface area contributed by atoms with Gasteiger partial charge in [0.2, 0.25) is 0 Å². The van der Waals surface area contributed by atoms with Crippen molar-refractivity contribution in [2.75, 3.05) is 74.6 Å². The molecule has 5 rings (SSSR count). The first-order valence-corrected chi connectivity index (χ1v) is 15.8. The lowest BCUT2D eigenvalue weighted by Crippen LogP contribution is -2.47. The maximum Gasteiger partial charge on any atom is 0.416 e. The van der Waals surface area contributed by atoms with Crippen molar-refractivity contribution >= 4 is 39.1 Å². The number of anilines is 4. The molecule has 2 aliphatic rings. The molecule has 1 N–H and O–H groups in total. The zero-order valence-electron chi connectivity index (χ0n) is 25.5. The van der Waals surface area contributed by atoms with Gasteiger partial charge in [0.05, 0.1) is 24.7 Å². The molecular formula is C30H37F4N7O3S. The van der Waals surface area contributed by atoms with E-state index in [1.807, 2.05) is 6.07 Å². The van der Waals surface area contributed by atoms with Crippen molar-refractivity contribution < 1.29 is 31.8 Å². The van der Waals surface area contributed by atoms with Gasteiger partial charge in [-0.15, -0.1) is 0 Å². The van der Waals surface area contributed by atoms with E-state index in [0.29, 0.717) is 73.6 Å². The van der Waals surface area contributed by atoms with Gasteiger partial charge in [0.25, 0.3) is 0 Å². The summed E-state index contributed by atoms with van der Waals surface area (Å²) in [6.07, 6.45) is -2.75. The van der Waals surface area contributed by atoms with Gasteiger partial charge in [-0.25, -0.2) is 19.3 Å². The van der Waals surface area contributed by atoms with Gasteiger partial charge in [0.1, 0.15) is 34.0 Å². The molecule has 1 aromatic carbocycles. The molecule has 0 spiro atoms. The zero-order valence-corrected chi connectivity index (χ0v) is 26.3. The minimum Gasteiger partial charge on any atom is -0.466 e. The summed E-state index contributed by atoms with van der Waals surface area (Å²) in [6, 6.07) is 4.33. The summed E-state index contributed by atoms with van der Waals surface area (Å²) in [5, 5.41) is 4.29. The van der Waals surface area contributed by atoms with Gasteiger partial charge >= 0.3 is 12.1 Å². The molecule has 2 aromatic heterocycles. The van der Waals surface area contributed by atoms with Crippen molar-refractivity contribution in [3.63, 3.8) is 0 Å². The van der Waals surface area contributed by atoms with Crippen LogP contribution < -0.4 is 15.1 Å². The number of carbonyl (C=O) groups excluding carboxylic acids is 1. The minimum atomic E-state index is -4.70. The molecule has 0 aliphatic carbocycles. The van der Waals surface area contributed by atoms with Crippen molar-refractivity contribution in [3.8, 4) is 11.3 Å². The van der Waals surface area contributed by atoms with Crippen LogP contribution >= 0.6 is 11.3 Å². The third-order valence-corrected chi connectivity index (χ3v) is 8.90. The summed E-state index contributed by atoms with van der Waals surface area (Å²) in [7, 11) is 1.66. The van der Waals surface area contributed by atoms with Crippen LogP contribution in [0.4, 0.5) is 39.3 Å². The van der Waals surface area contributed by atoms with E-state index in [9.17, 15) is 22.4 Å². The third kappa shape index (κ3) is 8.38. The second kappa shape index (κ2) is 14.3. The number of halogens is 4. The molecular weight excluding hydrogens is 614 g/mol. The standard InChI is InChI=1S/C30H37F4N7O3S/c1-4-44-26(42)7-8-39-11-13-40(14-12-39)25-18-24(35-19(2)36-25)37-29-38-27(20-15-21(30(32,33)34)17-22(31)16-20)28(45-29)41-9-5-23(43-3)6-10-41/h15-18,23H,4-14H2,1-3H3,(H,35,36,37,38). The minimum absolute atomic E-state index is 0.0517. The number of piperidine rings is 1. The van der Waals surface area contributed by atoms with Gasteiger partial charge in [-0.05, 0) is 44.9 Å². The van der Waals surface area contributed by atoms with Crippen LogP contribution in [0.2, 0.25) is 0 Å². The Morgan fingerprint density at radius 2 is 1.76 bits per heavy atom. The number of rotatable bonds is 10. The summed E-state index contributed by atoms with van der Waals surface area (Å²) in [5.74, 6) is 0.575. The van der Waals surface area contributed by atoms with Gasteiger partial charge < -0.3 is 24.6 Å². The molecule has 0 radical (unpaired) electrons. The number of alkyl halides is 3. The number of ether oxygens (including phenoxy) is 2. The number of carbonyl (C=O) groups is 1. The van der Waals surface area contributed by atoms with Crippen LogP contribution in [0.5, 0.6) is 0 Å². The van der Waals surface area contributed by atoms with E-state index in [1.54, 1.807) is 21.0 Å². The van der Waals surface area contributed by atoms with Crippen molar-refractivity contribution in [1.82, 2.24) is 19.9 Å². The fraction of sp³-hybridized carbons (Fsp3) is 0.533. The highest BCUT2D eigenvalue weighted by Gasteiger charge is 2.33. The molecule has 244 valence electrons. The Bertz CT molecular complexity index is 1470. The maximum absolute atomic E-state index is 14.5. The topological polar surface area (TPSA) is 96.0 Å². The average molecular weight is 652 g/mol. The normalized spacial score (nSPS) is 16.7. The summed E-state index contributed by atoms with van der Waals surface area (Å²) in [5.41, 5.74) is -0.745. The number of esters is 1. The molecule has 2 saturated heterocycles. The van der Waals surface area contributed by atoms with E-state index in [2.05, 4.69) is 35.0 Å². The van der Waals surface area contributed by atoms with Crippen LogP contribution in [0.3, 0.4) is 0 Å². The largest absolute Gasteiger partial charge is 0.466 e. The fourth-order valence-corrected chi connectivity index (χ4v) is 6.57. The lowest BCUT2D eigenvalue weighted by molar-refractivity contribution is -0.143. The first-order valence-electron chi connectivity index (χ1n) is 14.9. The second-order valence-corrected chi connectivity index (χ2v) is 12.0. The number of methoxy groups -OCH3 is 1. The van der Waals surface area contributed by atoms with Crippen LogP contribution in [-0.4, -0.2) is 91.5 Å². The van der Waals surface area contributed by atoms with Crippen LogP contribution in [0.25, 0.3) is 11.3 Å². The molecule has 2 fully saturated rings. The Morgan fingerprint density at radius 1 is 1.02 bits per heavy atom. The predicted octanol–water partition coefficient (Wildman–Crippen LogP) is 5.50. The molecule has 15 heteroatoms. The second-order valence-electron chi connectivity index (χ2n) is 11.0. The number of hydrogen-bond acceptors (Lipinski definition) is 11. The van der Waals surface area contributed by atoms with E-state index in [0.717, 1.165) is 43.9 Å². The Kier molecular flexibility index (Phi) is 10.4. The first kappa shape index (κ1) is 32.8. The van der Waals surface area contributed by atoms with Crippen LogP contribution in [0, 0.1) is 12.7 Å². The molecule has 0 atom stereocenters. The number of benzene rings is 1. The summed E-state index contributed by atoms with van der Waals surface area (Å²) >= 11 is 1.28.